The summed E-state index contributed by atoms with van der Waals surface area (Å²) in [6, 6.07) is 3.12. The first kappa shape index (κ1) is 14.3. The zero-order valence-corrected chi connectivity index (χ0v) is 13.1. The lowest BCUT2D eigenvalue weighted by atomic mass is 9.89. The van der Waals surface area contributed by atoms with Crippen LogP contribution < -0.4 is 0 Å². The fraction of sp³-hybridized carbons (Fsp3) is 0.643. The predicted molar refractivity (Wildman–Crippen MR) is 78.0 cm³/mol. The lowest BCUT2D eigenvalue weighted by molar-refractivity contribution is 0.280. The Balaban J connectivity index is 1.76. The van der Waals surface area contributed by atoms with Gasteiger partial charge in [0.2, 0.25) is 10.0 Å². The third kappa shape index (κ3) is 2.47. The van der Waals surface area contributed by atoms with Crippen molar-refractivity contribution in [1.82, 2.24) is 9.29 Å². The average molecular weight is 315 g/mol. The fourth-order valence-corrected chi connectivity index (χ4v) is 5.41. The molecule has 6 heteroatoms. The summed E-state index contributed by atoms with van der Waals surface area (Å²) < 4.78 is 26.5. The van der Waals surface area contributed by atoms with Gasteiger partial charge in [-0.15, -0.1) is 0 Å². The van der Waals surface area contributed by atoms with Gasteiger partial charge in [-0.1, -0.05) is 18.0 Å². The molecule has 0 spiro atoms. The van der Waals surface area contributed by atoms with Crippen molar-refractivity contribution in [1.29, 1.82) is 0 Å². The molecule has 2 fully saturated rings. The second-order valence-corrected chi connectivity index (χ2v) is 8.38. The van der Waals surface area contributed by atoms with E-state index in [0.29, 0.717) is 18.4 Å². The van der Waals surface area contributed by atoms with Crippen molar-refractivity contribution < 1.29 is 8.42 Å². The average Bonchev–Trinajstić information content (AvgIpc) is 3.01. The molecule has 3 unspecified atom stereocenters. The minimum absolute atomic E-state index is 0.0484. The largest absolute Gasteiger partial charge is 0.245 e. The molecule has 1 aromatic rings. The van der Waals surface area contributed by atoms with Gasteiger partial charge in [-0.05, 0) is 49.1 Å². The first-order valence-corrected chi connectivity index (χ1v) is 8.87. The lowest BCUT2D eigenvalue weighted by Crippen LogP contribution is -2.34. The van der Waals surface area contributed by atoms with Crippen molar-refractivity contribution in [2.24, 2.45) is 17.8 Å². The Bertz CT molecular complexity index is 605. The van der Waals surface area contributed by atoms with E-state index in [1.54, 1.807) is 13.1 Å². The van der Waals surface area contributed by atoms with Crippen molar-refractivity contribution in [3.8, 4) is 0 Å². The van der Waals surface area contributed by atoms with Crippen LogP contribution in [0, 0.1) is 17.8 Å². The molecule has 4 nitrogen and oxygen atoms in total. The third-order valence-corrected chi connectivity index (χ3v) is 7.06. The van der Waals surface area contributed by atoms with Crippen LogP contribution in [0.15, 0.2) is 23.2 Å². The Kier molecular flexibility index (Phi) is 3.77. The molecule has 0 aromatic carbocycles. The van der Waals surface area contributed by atoms with Crippen molar-refractivity contribution in [2.45, 2.75) is 30.6 Å². The van der Waals surface area contributed by atoms with E-state index in [0.717, 1.165) is 5.92 Å². The number of hydrogen-bond donors (Lipinski definition) is 0. The van der Waals surface area contributed by atoms with Gasteiger partial charge < -0.3 is 0 Å². The summed E-state index contributed by atoms with van der Waals surface area (Å²) in [5.74, 6) is 2.04. The summed E-state index contributed by atoms with van der Waals surface area (Å²) in [6.45, 7) is 0.592. The number of sulfonamides is 1. The molecule has 0 N–H and O–H groups in total. The molecular formula is C14H19ClN2O2S. The first-order chi connectivity index (χ1) is 9.48. The van der Waals surface area contributed by atoms with Crippen LogP contribution in [0.1, 0.15) is 25.7 Å². The number of aromatic nitrogens is 1. The van der Waals surface area contributed by atoms with E-state index in [2.05, 4.69) is 4.98 Å². The van der Waals surface area contributed by atoms with Gasteiger partial charge in [-0.25, -0.2) is 17.7 Å². The minimum Gasteiger partial charge on any atom is -0.243 e. The Morgan fingerprint density at radius 1 is 1.40 bits per heavy atom. The Morgan fingerprint density at radius 3 is 2.80 bits per heavy atom. The molecule has 2 saturated carbocycles. The van der Waals surface area contributed by atoms with Crippen molar-refractivity contribution >= 4 is 21.6 Å². The zero-order chi connectivity index (χ0) is 14.3. The van der Waals surface area contributed by atoms with Crippen LogP contribution in [0.4, 0.5) is 0 Å². The first-order valence-electron chi connectivity index (χ1n) is 7.05. The highest BCUT2D eigenvalue weighted by molar-refractivity contribution is 7.89. The molecule has 3 rings (SSSR count). The van der Waals surface area contributed by atoms with E-state index in [-0.39, 0.29) is 10.0 Å². The maximum atomic E-state index is 12.5. The Labute approximate surface area is 125 Å². The van der Waals surface area contributed by atoms with Crippen LogP contribution in [-0.2, 0) is 10.0 Å². The summed E-state index contributed by atoms with van der Waals surface area (Å²) in [6.07, 6.45) is 6.54. The van der Waals surface area contributed by atoms with Crippen LogP contribution >= 0.6 is 11.6 Å². The fourth-order valence-electron chi connectivity index (χ4n) is 3.76. The van der Waals surface area contributed by atoms with Crippen molar-refractivity contribution in [2.75, 3.05) is 13.6 Å². The Hall–Kier alpha value is -0.650. The summed E-state index contributed by atoms with van der Waals surface area (Å²) in [5, 5.41) is 0.0484. The predicted octanol–water partition coefficient (Wildman–Crippen LogP) is 2.79. The van der Waals surface area contributed by atoms with Crippen LogP contribution in [0.5, 0.6) is 0 Å². The molecule has 0 aliphatic heterocycles. The standard InChI is InChI=1S/C14H19ClN2O2S/c1-17(9-12-8-10-4-5-11(12)7-10)20(18,19)13-3-2-6-16-14(13)15/h2-3,6,10-12H,4-5,7-9H2,1H3. The highest BCUT2D eigenvalue weighted by Gasteiger charge is 2.41. The topological polar surface area (TPSA) is 50.3 Å². The van der Waals surface area contributed by atoms with Gasteiger partial charge in [0.15, 0.2) is 0 Å². The molecule has 2 bridgehead atoms. The smallest absolute Gasteiger partial charge is 0.243 e. The molecule has 20 heavy (non-hydrogen) atoms. The van der Waals surface area contributed by atoms with Gasteiger partial charge in [0, 0.05) is 19.8 Å². The normalized spacial score (nSPS) is 29.2. The second-order valence-electron chi connectivity index (χ2n) is 6.01. The van der Waals surface area contributed by atoms with Gasteiger partial charge in [0.25, 0.3) is 0 Å². The molecule has 0 radical (unpaired) electrons. The number of rotatable bonds is 4. The van der Waals surface area contributed by atoms with E-state index in [1.807, 2.05) is 0 Å². The van der Waals surface area contributed by atoms with Crippen LogP contribution in [0.25, 0.3) is 0 Å². The highest BCUT2D eigenvalue weighted by Crippen LogP contribution is 2.48. The van der Waals surface area contributed by atoms with Gasteiger partial charge in [0.05, 0.1) is 0 Å². The molecule has 110 valence electrons. The van der Waals surface area contributed by atoms with E-state index >= 15 is 0 Å². The van der Waals surface area contributed by atoms with Crippen LogP contribution in [0.3, 0.4) is 0 Å². The summed E-state index contributed by atoms with van der Waals surface area (Å²) >= 11 is 5.92. The number of fused-ring (bicyclic) bond motifs is 2. The summed E-state index contributed by atoms with van der Waals surface area (Å²) in [7, 11) is -1.89. The summed E-state index contributed by atoms with van der Waals surface area (Å²) in [5.41, 5.74) is 0. The van der Waals surface area contributed by atoms with E-state index in [1.165, 1.54) is 42.3 Å². The molecule has 0 amide bonds. The van der Waals surface area contributed by atoms with Gasteiger partial charge >= 0.3 is 0 Å². The number of halogens is 1. The van der Waals surface area contributed by atoms with Gasteiger partial charge in [0.1, 0.15) is 10.0 Å². The lowest BCUT2D eigenvalue weighted by Gasteiger charge is -2.26. The molecular weight excluding hydrogens is 296 g/mol. The van der Waals surface area contributed by atoms with E-state index < -0.39 is 10.0 Å². The molecule has 2 aliphatic rings. The van der Waals surface area contributed by atoms with Gasteiger partial charge in [-0.3, -0.25) is 0 Å². The maximum absolute atomic E-state index is 12.5. The summed E-state index contributed by atoms with van der Waals surface area (Å²) in [4.78, 5) is 3.96. The highest BCUT2D eigenvalue weighted by atomic mass is 35.5. The number of hydrogen-bond acceptors (Lipinski definition) is 3. The maximum Gasteiger partial charge on any atom is 0.245 e. The van der Waals surface area contributed by atoms with Crippen LogP contribution in [-0.4, -0.2) is 31.3 Å². The van der Waals surface area contributed by atoms with E-state index in [9.17, 15) is 8.42 Å². The second kappa shape index (κ2) is 5.28. The van der Waals surface area contributed by atoms with Crippen molar-refractivity contribution in [3.05, 3.63) is 23.5 Å². The molecule has 1 heterocycles. The Morgan fingerprint density at radius 2 is 2.20 bits per heavy atom. The molecule has 2 aliphatic carbocycles. The third-order valence-electron chi connectivity index (χ3n) is 4.79. The minimum atomic E-state index is -3.54. The zero-order valence-electron chi connectivity index (χ0n) is 11.5. The monoisotopic (exact) mass is 314 g/mol. The van der Waals surface area contributed by atoms with Gasteiger partial charge in [-0.2, -0.15) is 0 Å². The molecule has 1 aromatic heterocycles. The quantitative estimate of drug-likeness (QED) is 0.803. The van der Waals surface area contributed by atoms with E-state index in [4.69, 9.17) is 11.6 Å². The molecule has 0 saturated heterocycles. The number of pyridine rings is 1. The number of nitrogens with zero attached hydrogens (tertiary/aromatic N) is 2. The SMILES string of the molecule is CN(CC1CC2CCC1C2)S(=O)(=O)c1cccnc1Cl. The van der Waals surface area contributed by atoms with Crippen molar-refractivity contribution in [3.63, 3.8) is 0 Å². The van der Waals surface area contributed by atoms with Crippen LogP contribution in [0.2, 0.25) is 5.15 Å². The molecule has 3 atom stereocenters.